The van der Waals surface area contributed by atoms with Crippen molar-refractivity contribution < 1.29 is 0 Å². The van der Waals surface area contributed by atoms with E-state index in [2.05, 4.69) is 12.0 Å². The van der Waals surface area contributed by atoms with Crippen LogP contribution in [-0.4, -0.2) is 6.04 Å². The first kappa shape index (κ1) is 5.60. The smallest absolute Gasteiger partial charge is 0.0704 e. The molecule has 2 nitrogen and oxygen atoms in total. The second-order valence-corrected chi connectivity index (χ2v) is 1.19. The summed E-state index contributed by atoms with van der Waals surface area (Å²) in [4.78, 5) is 0. The Balaban J connectivity index is 2.96. The molecule has 0 saturated carbocycles. The van der Waals surface area contributed by atoms with Crippen molar-refractivity contribution in [3.8, 4) is 0 Å². The fourth-order valence-electron chi connectivity index (χ4n) is 0.0913. The first-order valence-electron chi connectivity index (χ1n) is 2.01. The number of hydrogen-bond acceptors (Lipinski definition) is 2. The van der Waals surface area contributed by atoms with Gasteiger partial charge in [0.25, 0.3) is 0 Å². The molecule has 0 amide bonds. The van der Waals surface area contributed by atoms with Crippen LogP contribution in [0, 0.1) is 12.5 Å². The fraction of sp³-hybridized carbons (Fsp3) is 0.750. The summed E-state index contributed by atoms with van der Waals surface area (Å²) in [6, 6.07) is -0.0231. The third kappa shape index (κ3) is 1.88. The zero-order chi connectivity index (χ0) is 4.99. The number of nitrogens with one attached hydrogen (secondary N) is 1. The third-order valence-corrected chi connectivity index (χ3v) is 0.654. The summed E-state index contributed by atoms with van der Waals surface area (Å²) in [6.07, 6.45) is 0.865. The van der Waals surface area contributed by atoms with Gasteiger partial charge in [0.05, 0.1) is 6.04 Å². The van der Waals surface area contributed by atoms with Crippen LogP contribution in [0.2, 0.25) is 0 Å². The molecule has 0 heterocycles. The molecule has 0 aromatic rings. The van der Waals surface area contributed by atoms with Gasteiger partial charge in [-0.3, -0.25) is 0 Å². The summed E-state index contributed by atoms with van der Waals surface area (Å²) in [7, 11) is 0. The van der Waals surface area contributed by atoms with Crippen molar-refractivity contribution in [2.24, 2.45) is 5.11 Å². The maximum absolute atomic E-state index is 6.37. The summed E-state index contributed by atoms with van der Waals surface area (Å²) >= 11 is 0. The lowest BCUT2D eigenvalue weighted by atomic mass is 10.3. The van der Waals surface area contributed by atoms with Crippen LogP contribution < -0.4 is 0 Å². The maximum atomic E-state index is 6.37. The van der Waals surface area contributed by atoms with E-state index in [-0.39, 0.29) is 6.04 Å². The topological polar surface area (TPSA) is 36.2 Å². The molecular formula is C4H9N2. The molecule has 0 rings (SSSR count). The molecule has 0 bridgehead atoms. The molecule has 6 heavy (non-hydrogen) atoms. The molecule has 0 spiro atoms. The van der Waals surface area contributed by atoms with Crippen LogP contribution in [0.1, 0.15) is 13.3 Å². The average Bonchev–Trinajstić information content (AvgIpc) is 1.65. The molecule has 0 aromatic heterocycles. The molecule has 0 aliphatic carbocycles. The number of hydrogen-bond donors (Lipinski definition) is 1. The summed E-state index contributed by atoms with van der Waals surface area (Å²) in [6.45, 7) is 5.47. The van der Waals surface area contributed by atoms with Crippen molar-refractivity contribution in [2.75, 3.05) is 0 Å². The highest BCUT2D eigenvalue weighted by atomic mass is 15.0. The van der Waals surface area contributed by atoms with Crippen LogP contribution in [0.5, 0.6) is 0 Å². The van der Waals surface area contributed by atoms with Gasteiger partial charge in [-0.2, -0.15) is 5.11 Å². The van der Waals surface area contributed by atoms with Gasteiger partial charge in [-0.1, -0.05) is 6.92 Å². The largest absolute Gasteiger partial charge is 0.210 e. The van der Waals surface area contributed by atoms with E-state index in [1.54, 1.807) is 0 Å². The average molecular weight is 85.1 g/mol. The molecule has 1 N–H and O–H groups in total. The molecule has 2 heteroatoms. The first-order chi connectivity index (χ1) is 2.81. The minimum absolute atomic E-state index is 0.0231. The van der Waals surface area contributed by atoms with E-state index in [4.69, 9.17) is 5.53 Å². The normalized spacial score (nSPS) is 13.7. The van der Waals surface area contributed by atoms with Gasteiger partial charge in [0.2, 0.25) is 0 Å². The van der Waals surface area contributed by atoms with E-state index >= 15 is 0 Å². The van der Waals surface area contributed by atoms with Gasteiger partial charge in [0.15, 0.2) is 0 Å². The second kappa shape index (κ2) is 2.82. The standard InChI is InChI=1S/C4H9N2/c1-3-4(2)6-5/h4-5H,2-3H2,1H3. The lowest BCUT2D eigenvalue weighted by Crippen LogP contribution is -1.90. The van der Waals surface area contributed by atoms with Gasteiger partial charge < -0.3 is 0 Å². The van der Waals surface area contributed by atoms with E-state index in [1.807, 2.05) is 6.92 Å². The molecule has 0 aliphatic rings. The predicted molar refractivity (Wildman–Crippen MR) is 24.6 cm³/mol. The summed E-state index contributed by atoms with van der Waals surface area (Å²) in [5.41, 5.74) is 6.37. The Hall–Kier alpha value is -0.400. The fourth-order valence-corrected chi connectivity index (χ4v) is 0.0913. The molecule has 0 aliphatic heterocycles. The molecule has 35 valence electrons. The lowest BCUT2D eigenvalue weighted by molar-refractivity contribution is 0.714. The van der Waals surface area contributed by atoms with Gasteiger partial charge in [-0.15, -0.1) is 0 Å². The molecule has 0 saturated heterocycles. The zero-order valence-corrected chi connectivity index (χ0v) is 3.94. The van der Waals surface area contributed by atoms with Gasteiger partial charge in [-0.05, 0) is 13.3 Å². The Labute approximate surface area is 38.1 Å². The molecule has 0 fully saturated rings. The summed E-state index contributed by atoms with van der Waals surface area (Å²) < 4.78 is 0. The minimum Gasteiger partial charge on any atom is -0.210 e. The lowest BCUT2D eigenvalue weighted by Gasteiger charge is -1.91. The van der Waals surface area contributed by atoms with Crippen molar-refractivity contribution in [3.05, 3.63) is 6.92 Å². The van der Waals surface area contributed by atoms with Crippen LogP contribution in [0.25, 0.3) is 0 Å². The molecule has 1 atom stereocenters. The summed E-state index contributed by atoms with van der Waals surface area (Å²) in [5, 5.41) is 3.15. The van der Waals surface area contributed by atoms with Crippen molar-refractivity contribution in [1.29, 1.82) is 5.53 Å². The molecule has 0 aromatic carbocycles. The van der Waals surface area contributed by atoms with E-state index in [0.717, 1.165) is 6.42 Å². The zero-order valence-electron chi connectivity index (χ0n) is 3.94. The van der Waals surface area contributed by atoms with Gasteiger partial charge in [0.1, 0.15) is 0 Å². The van der Waals surface area contributed by atoms with E-state index < -0.39 is 0 Å². The highest BCUT2D eigenvalue weighted by molar-refractivity contribution is 4.60. The third-order valence-electron chi connectivity index (χ3n) is 0.654. The minimum atomic E-state index is -0.0231. The van der Waals surface area contributed by atoms with E-state index in [1.165, 1.54) is 0 Å². The van der Waals surface area contributed by atoms with Crippen LogP contribution in [0.3, 0.4) is 0 Å². The van der Waals surface area contributed by atoms with Crippen LogP contribution in [0.15, 0.2) is 5.11 Å². The molecular weight excluding hydrogens is 76.1 g/mol. The predicted octanol–water partition coefficient (Wildman–Crippen LogP) is 1.63. The van der Waals surface area contributed by atoms with Gasteiger partial charge in [0, 0.05) is 0 Å². The Morgan fingerprint density at radius 1 is 2.00 bits per heavy atom. The van der Waals surface area contributed by atoms with Crippen LogP contribution in [0.4, 0.5) is 0 Å². The SMILES string of the molecule is [CH2]C(CC)N=N. The van der Waals surface area contributed by atoms with E-state index in [0.29, 0.717) is 0 Å². The van der Waals surface area contributed by atoms with E-state index in [9.17, 15) is 0 Å². The molecule has 1 unspecified atom stereocenters. The molecule has 1 radical (unpaired) electrons. The Morgan fingerprint density at radius 2 is 2.50 bits per heavy atom. The second-order valence-electron chi connectivity index (χ2n) is 1.19. The van der Waals surface area contributed by atoms with Crippen molar-refractivity contribution in [3.63, 3.8) is 0 Å². The van der Waals surface area contributed by atoms with Crippen molar-refractivity contribution in [1.82, 2.24) is 0 Å². The highest BCUT2D eigenvalue weighted by Gasteiger charge is 1.87. The van der Waals surface area contributed by atoms with Crippen molar-refractivity contribution >= 4 is 0 Å². The first-order valence-corrected chi connectivity index (χ1v) is 2.01. The monoisotopic (exact) mass is 85.1 g/mol. The Morgan fingerprint density at radius 3 is 2.50 bits per heavy atom. The van der Waals surface area contributed by atoms with Crippen LogP contribution >= 0.6 is 0 Å². The highest BCUT2D eigenvalue weighted by Crippen LogP contribution is 1.90. The maximum Gasteiger partial charge on any atom is 0.0704 e. The summed E-state index contributed by atoms with van der Waals surface area (Å²) in [5.74, 6) is 0. The Kier molecular flexibility index (Phi) is 2.63. The van der Waals surface area contributed by atoms with Gasteiger partial charge >= 0.3 is 0 Å². The number of nitrogens with zero attached hydrogens (tertiary/aromatic N) is 1. The Bertz CT molecular complexity index is 42.8. The van der Waals surface area contributed by atoms with Crippen LogP contribution in [-0.2, 0) is 0 Å². The quantitative estimate of drug-likeness (QED) is 0.495. The van der Waals surface area contributed by atoms with Crippen molar-refractivity contribution in [2.45, 2.75) is 19.4 Å². The number of rotatable bonds is 2. The van der Waals surface area contributed by atoms with Gasteiger partial charge in [-0.25, -0.2) is 5.53 Å².